The smallest absolute Gasteiger partial charge is 0.0440 e. The van der Waals surface area contributed by atoms with E-state index in [-0.39, 0.29) is 0 Å². The largest absolute Gasteiger partial charge is 0.399 e. The van der Waals surface area contributed by atoms with Crippen LogP contribution < -0.4 is 28.1 Å². The van der Waals surface area contributed by atoms with E-state index in [2.05, 4.69) is 29.5 Å². The van der Waals surface area contributed by atoms with Crippen LogP contribution in [0.2, 0.25) is 0 Å². The van der Waals surface area contributed by atoms with Crippen molar-refractivity contribution in [3.63, 3.8) is 0 Å². The van der Waals surface area contributed by atoms with Gasteiger partial charge in [0.2, 0.25) is 0 Å². The molecule has 5 nitrogen and oxygen atoms in total. The number of nitrogen functional groups attached to an aromatic ring is 2. The van der Waals surface area contributed by atoms with Gasteiger partial charge in [-0.15, -0.1) is 0 Å². The molecular weight excluding hydrogens is 346 g/mol. The van der Waals surface area contributed by atoms with Crippen molar-refractivity contribution in [3.8, 4) is 11.1 Å². The van der Waals surface area contributed by atoms with E-state index < -0.39 is 0 Å². The Labute approximate surface area is 166 Å². The van der Waals surface area contributed by atoms with Crippen molar-refractivity contribution < 1.29 is 0 Å². The lowest BCUT2D eigenvalue weighted by Crippen LogP contribution is -2.24. The molecule has 0 bridgehead atoms. The van der Waals surface area contributed by atoms with Crippen LogP contribution in [0.25, 0.3) is 16.7 Å². The summed E-state index contributed by atoms with van der Waals surface area (Å²) in [5.74, 6) is 5.36. The molecule has 0 saturated carbocycles. The van der Waals surface area contributed by atoms with Crippen LogP contribution in [0.4, 0.5) is 17.1 Å². The molecule has 0 fully saturated rings. The maximum atomic E-state index is 6.10. The lowest BCUT2D eigenvalue weighted by atomic mass is 9.90. The van der Waals surface area contributed by atoms with Crippen molar-refractivity contribution in [2.24, 2.45) is 5.84 Å². The molecule has 0 aliphatic rings. The molecule has 0 atom stereocenters. The monoisotopic (exact) mass is 373 g/mol. The molecule has 5 heteroatoms. The van der Waals surface area contributed by atoms with Crippen LogP contribution in [-0.2, 0) is 0 Å². The van der Waals surface area contributed by atoms with Crippen LogP contribution in [0, 0.1) is 0 Å². The van der Waals surface area contributed by atoms with Crippen molar-refractivity contribution in [1.29, 1.82) is 0 Å². The fraction of sp³-hybridized carbons (Fsp3) is 0.130. The SMILES string of the molecule is C=C(c1ccccc1)c1cc(N)ccc1-c1ccc(N)cc1NCCCNN. The Morgan fingerprint density at radius 3 is 2.21 bits per heavy atom. The van der Waals surface area contributed by atoms with E-state index in [0.29, 0.717) is 11.4 Å². The zero-order chi connectivity index (χ0) is 19.9. The summed E-state index contributed by atoms with van der Waals surface area (Å²) in [4.78, 5) is 0. The minimum absolute atomic E-state index is 0.704. The Morgan fingerprint density at radius 2 is 1.50 bits per heavy atom. The van der Waals surface area contributed by atoms with E-state index in [0.717, 1.165) is 53.0 Å². The molecular formula is C23H27N5. The van der Waals surface area contributed by atoms with Crippen LogP contribution in [0.1, 0.15) is 17.5 Å². The lowest BCUT2D eigenvalue weighted by Gasteiger charge is -2.18. The van der Waals surface area contributed by atoms with Crippen molar-refractivity contribution in [2.75, 3.05) is 29.9 Å². The zero-order valence-corrected chi connectivity index (χ0v) is 15.9. The first-order chi connectivity index (χ1) is 13.6. The van der Waals surface area contributed by atoms with Crippen molar-refractivity contribution in [3.05, 3.63) is 84.4 Å². The normalized spacial score (nSPS) is 10.6. The Kier molecular flexibility index (Phi) is 6.32. The molecule has 0 radical (unpaired) electrons. The van der Waals surface area contributed by atoms with Crippen LogP contribution in [-0.4, -0.2) is 13.1 Å². The van der Waals surface area contributed by atoms with Gasteiger partial charge < -0.3 is 16.8 Å². The highest BCUT2D eigenvalue weighted by atomic mass is 15.2. The van der Waals surface area contributed by atoms with Crippen molar-refractivity contribution in [1.82, 2.24) is 5.43 Å². The molecule has 0 saturated heterocycles. The predicted octanol–water partition coefficient (Wildman–Crippen LogP) is 3.84. The first kappa shape index (κ1) is 19.5. The minimum Gasteiger partial charge on any atom is -0.399 e. The summed E-state index contributed by atoms with van der Waals surface area (Å²) < 4.78 is 0. The molecule has 3 rings (SSSR count). The van der Waals surface area contributed by atoms with E-state index in [1.165, 1.54) is 0 Å². The average Bonchev–Trinajstić information content (AvgIpc) is 2.72. The van der Waals surface area contributed by atoms with Crippen molar-refractivity contribution in [2.45, 2.75) is 6.42 Å². The number of rotatable bonds is 8. The summed E-state index contributed by atoms with van der Waals surface area (Å²) in [6.45, 7) is 5.85. The van der Waals surface area contributed by atoms with E-state index in [9.17, 15) is 0 Å². The highest BCUT2D eigenvalue weighted by Gasteiger charge is 2.14. The molecule has 0 unspecified atom stereocenters. The summed E-state index contributed by atoms with van der Waals surface area (Å²) in [6, 6.07) is 21.9. The fourth-order valence-electron chi connectivity index (χ4n) is 3.20. The third-order valence-electron chi connectivity index (χ3n) is 4.64. The van der Waals surface area contributed by atoms with Gasteiger partial charge in [-0.3, -0.25) is 11.3 Å². The molecule has 0 spiro atoms. The van der Waals surface area contributed by atoms with Gasteiger partial charge >= 0.3 is 0 Å². The average molecular weight is 374 g/mol. The first-order valence-corrected chi connectivity index (χ1v) is 9.31. The highest BCUT2D eigenvalue weighted by Crippen LogP contribution is 2.37. The topological polar surface area (TPSA) is 102 Å². The van der Waals surface area contributed by atoms with E-state index in [4.69, 9.17) is 17.3 Å². The molecule has 0 amide bonds. The van der Waals surface area contributed by atoms with Crippen LogP contribution in [0.15, 0.2) is 73.3 Å². The highest BCUT2D eigenvalue weighted by molar-refractivity contribution is 5.93. The van der Waals surface area contributed by atoms with Gasteiger partial charge in [0, 0.05) is 35.7 Å². The fourth-order valence-corrected chi connectivity index (χ4v) is 3.20. The predicted molar refractivity (Wildman–Crippen MR) is 121 cm³/mol. The second kappa shape index (κ2) is 9.08. The molecule has 144 valence electrons. The van der Waals surface area contributed by atoms with Crippen molar-refractivity contribution >= 4 is 22.6 Å². The van der Waals surface area contributed by atoms with Gasteiger partial charge in [-0.05, 0) is 52.9 Å². The maximum Gasteiger partial charge on any atom is 0.0440 e. The third kappa shape index (κ3) is 4.52. The number of hydrogen-bond donors (Lipinski definition) is 5. The van der Waals surface area contributed by atoms with E-state index in [1.54, 1.807) is 0 Å². The van der Waals surface area contributed by atoms with Gasteiger partial charge in [-0.1, -0.05) is 49.0 Å². The zero-order valence-electron chi connectivity index (χ0n) is 15.9. The molecule has 28 heavy (non-hydrogen) atoms. The van der Waals surface area contributed by atoms with Gasteiger partial charge in [0.25, 0.3) is 0 Å². The number of hydrazine groups is 1. The summed E-state index contributed by atoms with van der Waals surface area (Å²) in [5.41, 5.74) is 22.3. The van der Waals surface area contributed by atoms with E-state index >= 15 is 0 Å². The van der Waals surface area contributed by atoms with Gasteiger partial charge in [0.1, 0.15) is 0 Å². The molecule has 3 aromatic rings. The molecule has 3 aromatic carbocycles. The van der Waals surface area contributed by atoms with Gasteiger partial charge in [0.05, 0.1) is 0 Å². The van der Waals surface area contributed by atoms with Crippen LogP contribution in [0.5, 0.6) is 0 Å². The summed E-state index contributed by atoms with van der Waals surface area (Å²) in [7, 11) is 0. The summed E-state index contributed by atoms with van der Waals surface area (Å²) in [6.07, 6.45) is 0.899. The number of nitrogens with one attached hydrogen (secondary N) is 2. The number of anilines is 3. The molecule has 0 aromatic heterocycles. The second-order valence-electron chi connectivity index (χ2n) is 6.69. The van der Waals surface area contributed by atoms with E-state index in [1.807, 2.05) is 54.6 Å². The Bertz CT molecular complexity index is 950. The van der Waals surface area contributed by atoms with Crippen LogP contribution in [0.3, 0.4) is 0 Å². The van der Waals surface area contributed by atoms with Gasteiger partial charge in [-0.25, -0.2) is 0 Å². The quantitative estimate of drug-likeness (QED) is 0.179. The maximum absolute atomic E-state index is 6.10. The molecule has 0 heterocycles. The summed E-state index contributed by atoms with van der Waals surface area (Å²) >= 11 is 0. The first-order valence-electron chi connectivity index (χ1n) is 9.31. The Morgan fingerprint density at radius 1 is 0.821 bits per heavy atom. The Hall–Kier alpha value is -3.28. The molecule has 0 aliphatic carbocycles. The lowest BCUT2D eigenvalue weighted by molar-refractivity contribution is 0.697. The standard InChI is InChI=1S/C23H27N5/c1-16(17-6-3-2-4-7-17)22-14-18(24)8-10-20(22)21-11-9-19(25)15-23(21)27-12-5-13-28-26/h2-4,6-11,14-15,27-28H,1,5,12-13,24-26H2. The van der Waals surface area contributed by atoms with Crippen LogP contribution >= 0.6 is 0 Å². The molecule has 0 aliphatic heterocycles. The second-order valence-corrected chi connectivity index (χ2v) is 6.69. The number of benzene rings is 3. The summed E-state index contributed by atoms with van der Waals surface area (Å²) in [5, 5.41) is 3.47. The number of nitrogens with two attached hydrogens (primary N) is 3. The Balaban J connectivity index is 2.03. The molecule has 8 N–H and O–H groups in total. The number of hydrogen-bond acceptors (Lipinski definition) is 5. The van der Waals surface area contributed by atoms with Gasteiger partial charge in [-0.2, -0.15) is 0 Å². The minimum atomic E-state index is 0.704. The van der Waals surface area contributed by atoms with Gasteiger partial charge in [0.15, 0.2) is 0 Å². The third-order valence-corrected chi connectivity index (χ3v) is 4.64.